The van der Waals surface area contributed by atoms with E-state index in [0.29, 0.717) is 18.5 Å². The van der Waals surface area contributed by atoms with E-state index in [2.05, 4.69) is 5.10 Å². The smallest absolute Gasteiger partial charge is 0.308 e. The Kier molecular flexibility index (Phi) is 4.38. The monoisotopic (exact) mass is 327 g/mol. The highest BCUT2D eigenvalue weighted by Gasteiger charge is 2.35. The number of aryl methyl sites for hydroxylation is 1. The highest BCUT2D eigenvalue weighted by atomic mass is 16.4. The number of nitrogens with zero attached hydrogens (tertiary/aromatic N) is 3. The molecule has 1 aliphatic heterocycles. The quantitative estimate of drug-likeness (QED) is 0.940. The number of likely N-dealkylation sites (tertiary alicyclic amines) is 1. The fourth-order valence-corrected chi connectivity index (χ4v) is 3.38. The molecular weight excluding hydrogens is 306 g/mol. The number of carbonyl (C=O) groups excluding carboxylic acids is 1. The zero-order valence-corrected chi connectivity index (χ0v) is 13.8. The van der Waals surface area contributed by atoms with E-state index >= 15 is 0 Å². The third-order valence-electron chi connectivity index (χ3n) is 4.76. The number of hydrogen-bond acceptors (Lipinski definition) is 3. The van der Waals surface area contributed by atoms with E-state index in [9.17, 15) is 14.7 Å². The van der Waals surface area contributed by atoms with Gasteiger partial charge < -0.3 is 10.0 Å². The van der Waals surface area contributed by atoms with Gasteiger partial charge in [0.05, 0.1) is 11.6 Å². The van der Waals surface area contributed by atoms with Crippen molar-refractivity contribution in [3.63, 3.8) is 0 Å². The fraction of sp³-hybridized carbons (Fsp3) is 0.389. The Labute approximate surface area is 140 Å². The van der Waals surface area contributed by atoms with Gasteiger partial charge in [-0.2, -0.15) is 5.10 Å². The molecule has 0 spiro atoms. The Hall–Kier alpha value is -2.63. The molecule has 0 unspecified atom stereocenters. The molecule has 24 heavy (non-hydrogen) atoms. The van der Waals surface area contributed by atoms with Gasteiger partial charge in [0.1, 0.15) is 0 Å². The van der Waals surface area contributed by atoms with Crippen molar-refractivity contribution in [3.8, 4) is 5.69 Å². The Morgan fingerprint density at radius 1 is 1.33 bits per heavy atom. The molecular formula is C18H21N3O3. The second kappa shape index (κ2) is 6.47. The van der Waals surface area contributed by atoms with Gasteiger partial charge >= 0.3 is 5.97 Å². The molecule has 6 nitrogen and oxygen atoms in total. The van der Waals surface area contributed by atoms with Gasteiger partial charge in [-0.3, -0.25) is 9.59 Å². The molecule has 126 valence electrons. The van der Waals surface area contributed by atoms with Gasteiger partial charge in [0, 0.05) is 30.5 Å². The molecule has 1 amide bonds. The first-order valence-corrected chi connectivity index (χ1v) is 8.13. The number of aromatic nitrogens is 2. The van der Waals surface area contributed by atoms with Crippen LogP contribution < -0.4 is 0 Å². The van der Waals surface area contributed by atoms with Crippen LogP contribution in [0.15, 0.2) is 36.7 Å². The van der Waals surface area contributed by atoms with Crippen LogP contribution in [0.2, 0.25) is 0 Å². The molecule has 2 atom stereocenters. The molecule has 3 rings (SSSR count). The maximum Gasteiger partial charge on any atom is 0.308 e. The van der Waals surface area contributed by atoms with Gasteiger partial charge in [0.25, 0.3) is 5.91 Å². The first-order valence-electron chi connectivity index (χ1n) is 8.13. The Balaban J connectivity index is 1.85. The lowest BCUT2D eigenvalue weighted by atomic mass is 9.89. The lowest BCUT2D eigenvalue weighted by Gasteiger charge is -2.37. The Morgan fingerprint density at radius 2 is 2.12 bits per heavy atom. The van der Waals surface area contributed by atoms with Crippen LogP contribution >= 0.6 is 0 Å². The summed E-state index contributed by atoms with van der Waals surface area (Å²) in [5.41, 5.74) is 2.46. The second-order valence-electron chi connectivity index (χ2n) is 6.28. The molecule has 6 heteroatoms. The van der Waals surface area contributed by atoms with E-state index in [1.54, 1.807) is 21.8 Å². The van der Waals surface area contributed by atoms with Crippen molar-refractivity contribution in [1.29, 1.82) is 0 Å². The van der Waals surface area contributed by atoms with Gasteiger partial charge in [0.15, 0.2) is 0 Å². The summed E-state index contributed by atoms with van der Waals surface area (Å²) in [6, 6.07) is 7.05. The number of piperidine rings is 1. The van der Waals surface area contributed by atoms with E-state index in [1.165, 1.54) is 0 Å². The molecule has 0 bridgehead atoms. The highest BCUT2D eigenvalue weighted by molar-refractivity contribution is 5.95. The summed E-state index contributed by atoms with van der Waals surface area (Å²) in [5.74, 6) is -1.43. The number of carbonyl (C=O) groups is 2. The zero-order chi connectivity index (χ0) is 17.3. The summed E-state index contributed by atoms with van der Waals surface area (Å²) < 4.78 is 1.76. The third-order valence-corrected chi connectivity index (χ3v) is 4.76. The van der Waals surface area contributed by atoms with Crippen LogP contribution in [-0.4, -0.2) is 44.3 Å². The molecule has 2 heterocycles. The van der Waals surface area contributed by atoms with Crippen molar-refractivity contribution >= 4 is 11.9 Å². The SMILES string of the molecule is Cc1cc(C(=O)N2CCC[C@@H](C(=O)O)[C@H]2C)ccc1-n1cccn1. The maximum absolute atomic E-state index is 12.8. The minimum Gasteiger partial charge on any atom is -0.481 e. The van der Waals surface area contributed by atoms with Crippen molar-refractivity contribution in [2.24, 2.45) is 5.92 Å². The molecule has 1 fully saturated rings. The Bertz CT molecular complexity index is 755. The first kappa shape index (κ1) is 16.2. The number of amides is 1. The van der Waals surface area contributed by atoms with E-state index in [1.807, 2.05) is 38.2 Å². The molecule has 1 N–H and O–H groups in total. The van der Waals surface area contributed by atoms with Gasteiger partial charge in [-0.25, -0.2) is 4.68 Å². The number of hydrogen-bond donors (Lipinski definition) is 1. The van der Waals surface area contributed by atoms with Crippen LogP contribution in [0.4, 0.5) is 0 Å². The maximum atomic E-state index is 12.8. The third kappa shape index (κ3) is 2.91. The van der Waals surface area contributed by atoms with E-state index in [4.69, 9.17) is 0 Å². The average molecular weight is 327 g/mol. The summed E-state index contributed by atoms with van der Waals surface area (Å²) >= 11 is 0. The fourth-order valence-electron chi connectivity index (χ4n) is 3.38. The van der Waals surface area contributed by atoms with Crippen LogP contribution in [-0.2, 0) is 4.79 Å². The Morgan fingerprint density at radius 3 is 2.75 bits per heavy atom. The molecule has 0 aliphatic carbocycles. The first-order chi connectivity index (χ1) is 11.5. The van der Waals surface area contributed by atoms with Crippen LogP contribution in [0, 0.1) is 12.8 Å². The van der Waals surface area contributed by atoms with Gasteiger partial charge in [0.2, 0.25) is 0 Å². The normalized spacial score (nSPS) is 20.8. The zero-order valence-electron chi connectivity index (χ0n) is 13.8. The molecule has 1 aromatic heterocycles. The summed E-state index contributed by atoms with van der Waals surface area (Å²) in [6.07, 6.45) is 4.91. The standard InChI is InChI=1S/C18H21N3O3/c1-12-11-14(6-7-16(12)21-10-4-8-19-21)17(22)20-9-3-5-15(13(20)2)18(23)24/h4,6-8,10-11,13,15H,3,5,9H2,1-2H3,(H,23,24)/t13-,15-/m1/s1. The number of carboxylic acids is 1. The van der Waals surface area contributed by atoms with Gasteiger partial charge in [-0.15, -0.1) is 0 Å². The molecule has 2 aromatic rings. The van der Waals surface area contributed by atoms with E-state index in [0.717, 1.165) is 17.7 Å². The molecule has 1 saturated heterocycles. The van der Waals surface area contributed by atoms with Crippen molar-refractivity contribution in [3.05, 3.63) is 47.8 Å². The number of benzene rings is 1. The highest BCUT2D eigenvalue weighted by Crippen LogP contribution is 2.26. The van der Waals surface area contributed by atoms with Crippen LogP contribution in [0.25, 0.3) is 5.69 Å². The second-order valence-corrected chi connectivity index (χ2v) is 6.28. The van der Waals surface area contributed by atoms with Gasteiger partial charge in [-0.1, -0.05) is 0 Å². The summed E-state index contributed by atoms with van der Waals surface area (Å²) in [6.45, 7) is 4.36. The molecule has 1 aromatic carbocycles. The predicted octanol–water partition coefficient (Wildman–Crippen LogP) is 2.51. The lowest BCUT2D eigenvalue weighted by Crippen LogP contribution is -2.49. The summed E-state index contributed by atoms with van der Waals surface area (Å²) in [5, 5.41) is 13.5. The van der Waals surface area contributed by atoms with Crippen molar-refractivity contribution in [2.45, 2.75) is 32.7 Å². The average Bonchev–Trinajstić information content (AvgIpc) is 3.08. The van der Waals surface area contributed by atoms with Crippen LogP contribution in [0.1, 0.15) is 35.7 Å². The van der Waals surface area contributed by atoms with Crippen molar-refractivity contribution in [1.82, 2.24) is 14.7 Å². The minimum absolute atomic E-state index is 0.108. The molecule has 1 aliphatic rings. The molecule has 0 saturated carbocycles. The van der Waals surface area contributed by atoms with E-state index in [-0.39, 0.29) is 11.9 Å². The van der Waals surface area contributed by atoms with E-state index < -0.39 is 11.9 Å². The largest absolute Gasteiger partial charge is 0.481 e. The number of rotatable bonds is 3. The number of aliphatic carboxylic acids is 1. The topological polar surface area (TPSA) is 75.4 Å². The lowest BCUT2D eigenvalue weighted by molar-refractivity contribution is -0.144. The van der Waals surface area contributed by atoms with Gasteiger partial charge in [-0.05, 0) is 56.5 Å². The summed E-state index contributed by atoms with van der Waals surface area (Å²) in [7, 11) is 0. The van der Waals surface area contributed by atoms with Crippen LogP contribution in [0.3, 0.4) is 0 Å². The van der Waals surface area contributed by atoms with Crippen LogP contribution in [0.5, 0.6) is 0 Å². The minimum atomic E-state index is -0.829. The summed E-state index contributed by atoms with van der Waals surface area (Å²) in [4.78, 5) is 25.9. The molecule has 0 radical (unpaired) electrons. The van der Waals surface area contributed by atoms with Crippen molar-refractivity contribution < 1.29 is 14.7 Å². The number of carboxylic acid groups (broad SMARTS) is 1. The van der Waals surface area contributed by atoms with Crippen molar-refractivity contribution in [2.75, 3.05) is 6.54 Å². The predicted molar refractivity (Wildman–Crippen MR) is 89.2 cm³/mol.